The van der Waals surface area contributed by atoms with Crippen LogP contribution in [0.4, 0.5) is 40.6 Å². The lowest BCUT2D eigenvalue weighted by molar-refractivity contribution is 0.243. The first-order valence-corrected chi connectivity index (χ1v) is 15.2. The Morgan fingerprint density at radius 2 is 1.09 bits per heavy atom. The second-order valence-electron chi connectivity index (χ2n) is 11.9. The smallest absolute Gasteiger partial charge is 0.233 e. The molecule has 0 aliphatic carbocycles. The van der Waals surface area contributed by atoms with Crippen molar-refractivity contribution in [1.82, 2.24) is 29.8 Å². The summed E-state index contributed by atoms with van der Waals surface area (Å²) in [5.74, 6) is 1.40. The first kappa shape index (κ1) is 29.3. The molecule has 6 rings (SSSR count). The number of aryl methyl sites for hydroxylation is 2. The molecule has 1 aliphatic heterocycles. The summed E-state index contributed by atoms with van der Waals surface area (Å²) in [6, 6.07) is 16.5. The first-order chi connectivity index (χ1) is 21.2. The Morgan fingerprint density at radius 1 is 0.614 bits per heavy atom. The van der Waals surface area contributed by atoms with Crippen LogP contribution in [0.25, 0.3) is 21.8 Å². The van der Waals surface area contributed by atoms with E-state index < -0.39 is 0 Å². The summed E-state index contributed by atoms with van der Waals surface area (Å²) in [5.41, 5.74) is 7.81. The predicted octanol–water partition coefficient (Wildman–Crippen LogP) is 6.06. The van der Waals surface area contributed by atoms with Gasteiger partial charge in [0.05, 0.1) is 17.7 Å². The molecule has 3 N–H and O–H groups in total. The molecule has 1 aliphatic rings. The van der Waals surface area contributed by atoms with Gasteiger partial charge in [0.2, 0.25) is 17.8 Å². The molecule has 1 saturated heterocycles. The van der Waals surface area contributed by atoms with Gasteiger partial charge in [0, 0.05) is 73.1 Å². The lowest BCUT2D eigenvalue weighted by atomic mass is 10.1. The van der Waals surface area contributed by atoms with Gasteiger partial charge < -0.3 is 25.8 Å². The fourth-order valence-electron chi connectivity index (χ4n) is 5.69. The Kier molecular flexibility index (Phi) is 8.30. The minimum Gasteiger partial charge on any atom is -0.377 e. The molecular weight excluding hydrogens is 550 g/mol. The molecule has 0 unspecified atom stereocenters. The van der Waals surface area contributed by atoms with Crippen LogP contribution in [0.2, 0.25) is 0 Å². The maximum atomic E-state index is 4.77. The molecule has 2 aromatic carbocycles. The van der Waals surface area contributed by atoms with Crippen LogP contribution in [0.5, 0.6) is 0 Å². The molecule has 11 nitrogen and oxygen atoms in total. The lowest BCUT2D eigenvalue weighted by Crippen LogP contribution is -2.34. The molecule has 0 amide bonds. The average Bonchev–Trinajstić information content (AvgIpc) is 3.00. The fraction of sp³-hybridized carbons (Fsp3) is 0.364. The van der Waals surface area contributed by atoms with Gasteiger partial charge in [-0.1, -0.05) is 6.42 Å². The van der Waals surface area contributed by atoms with Crippen LogP contribution in [0.1, 0.15) is 30.7 Å². The number of pyridine rings is 2. The number of rotatable bonds is 9. The molecule has 5 aromatic rings. The molecule has 11 heteroatoms. The van der Waals surface area contributed by atoms with Crippen molar-refractivity contribution in [3.8, 4) is 0 Å². The molecule has 0 bridgehead atoms. The highest BCUT2D eigenvalue weighted by Crippen LogP contribution is 2.31. The van der Waals surface area contributed by atoms with Crippen molar-refractivity contribution in [2.75, 3.05) is 73.7 Å². The monoisotopic (exact) mass is 591 g/mol. The molecule has 0 atom stereocenters. The normalized spacial score (nSPS) is 13.7. The SMILES string of the molecule is Cc1cc(N(C)C)c2cc(Nc3nc(NCN4CCCCC4)nc(Nc4ccc5nc(C)cc(N(C)C)c5c4)n3)ccc2n1. The Morgan fingerprint density at radius 3 is 1.57 bits per heavy atom. The molecule has 4 heterocycles. The molecule has 228 valence electrons. The number of nitrogens with one attached hydrogen (secondary N) is 3. The first-order valence-electron chi connectivity index (χ1n) is 15.2. The Labute approximate surface area is 258 Å². The molecule has 44 heavy (non-hydrogen) atoms. The highest BCUT2D eigenvalue weighted by Gasteiger charge is 2.14. The lowest BCUT2D eigenvalue weighted by Gasteiger charge is -2.26. The third kappa shape index (κ3) is 6.57. The van der Waals surface area contributed by atoms with Gasteiger partial charge in [0.25, 0.3) is 0 Å². The van der Waals surface area contributed by atoms with Gasteiger partial charge in [0.1, 0.15) is 0 Å². The number of hydrogen-bond donors (Lipinski definition) is 3. The van der Waals surface area contributed by atoms with Crippen LogP contribution in [-0.2, 0) is 0 Å². The van der Waals surface area contributed by atoms with Crippen molar-refractivity contribution in [3.63, 3.8) is 0 Å². The Balaban J connectivity index is 1.33. The standard InChI is InChI=1S/C33H41N11/c1-21-16-29(42(3)4)25-18-23(10-12-27(25)35-21)37-32-39-31(34-20-44-14-8-7-9-15-44)40-33(41-32)38-24-11-13-28-26(19-24)30(43(5)6)17-22(2)36-28/h10-13,16-19H,7-9,14-15,20H2,1-6H3,(H3,34,37,38,39,40,41). The summed E-state index contributed by atoms with van der Waals surface area (Å²) in [5, 5.41) is 12.4. The average molecular weight is 592 g/mol. The maximum Gasteiger partial charge on any atom is 0.233 e. The van der Waals surface area contributed by atoms with Gasteiger partial charge in [0.15, 0.2) is 0 Å². The van der Waals surface area contributed by atoms with Gasteiger partial charge in [-0.2, -0.15) is 15.0 Å². The van der Waals surface area contributed by atoms with E-state index in [1.165, 1.54) is 19.3 Å². The van der Waals surface area contributed by atoms with Crippen molar-refractivity contribution >= 4 is 62.4 Å². The summed E-state index contributed by atoms with van der Waals surface area (Å²) in [7, 11) is 8.18. The Hall–Kier alpha value is -4.77. The van der Waals surface area contributed by atoms with Crippen LogP contribution in [0.3, 0.4) is 0 Å². The van der Waals surface area contributed by atoms with Crippen LogP contribution < -0.4 is 25.8 Å². The Bertz CT molecular complexity index is 1680. The summed E-state index contributed by atoms with van der Waals surface area (Å²) in [6.45, 7) is 6.87. The van der Waals surface area contributed by atoms with Crippen LogP contribution in [0.15, 0.2) is 48.5 Å². The quantitative estimate of drug-likeness (QED) is 0.186. The van der Waals surface area contributed by atoms with E-state index in [2.05, 4.69) is 54.9 Å². The third-order valence-corrected chi connectivity index (χ3v) is 7.85. The van der Waals surface area contributed by atoms with E-state index >= 15 is 0 Å². The van der Waals surface area contributed by atoms with Crippen LogP contribution in [-0.4, -0.2) is 77.8 Å². The third-order valence-electron chi connectivity index (χ3n) is 7.85. The van der Waals surface area contributed by atoms with E-state index in [9.17, 15) is 0 Å². The van der Waals surface area contributed by atoms with E-state index in [4.69, 9.17) is 24.9 Å². The number of likely N-dealkylation sites (tertiary alicyclic amines) is 1. The molecule has 1 fully saturated rings. The molecule has 0 spiro atoms. The molecule has 0 radical (unpaired) electrons. The predicted molar refractivity (Wildman–Crippen MR) is 182 cm³/mol. The minimum absolute atomic E-state index is 0.446. The summed E-state index contributed by atoms with van der Waals surface area (Å²) < 4.78 is 0. The van der Waals surface area contributed by atoms with Gasteiger partial charge >= 0.3 is 0 Å². The van der Waals surface area contributed by atoms with Crippen molar-refractivity contribution < 1.29 is 0 Å². The maximum absolute atomic E-state index is 4.77. The van der Waals surface area contributed by atoms with Gasteiger partial charge in [-0.3, -0.25) is 14.9 Å². The van der Waals surface area contributed by atoms with Crippen molar-refractivity contribution in [3.05, 3.63) is 59.9 Å². The number of fused-ring (bicyclic) bond motifs is 2. The zero-order chi connectivity index (χ0) is 30.8. The summed E-state index contributed by atoms with van der Waals surface area (Å²) >= 11 is 0. The number of piperidine rings is 1. The van der Waals surface area contributed by atoms with E-state index in [-0.39, 0.29) is 0 Å². The van der Waals surface area contributed by atoms with Crippen molar-refractivity contribution in [1.29, 1.82) is 0 Å². The van der Waals surface area contributed by atoms with Crippen molar-refractivity contribution in [2.24, 2.45) is 0 Å². The van der Waals surface area contributed by atoms with Gasteiger partial charge in [-0.25, -0.2) is 0 Å². The zero-order valence-corrected chi connectivity index (χ0v) is 26.4. The number of benzene rings is 2. The second kappa shape index (κ2) is 12.5. The number of nitrogens with zero attached hydrogens (tertiary/aromatic N) is 8. The number of hydrogen-bond acceptors (Lipinski definition) is 11. The van der Waals surface area contributed by atoms with E-state index in [0.29, 0.717) is 24.5 Å². The summed E-state index contributed by atoms with van der Waals surface area (Å²) in [6.07, 6.45) is 3.72. The molecule has 3 aromatic heterocycles. The molecular formula is C33H41N11. The summed E-state index contributed by atoms with van der Waals surface area (Å²) in [4.78, 5) is 30.3. The fourth-order valence-corrected chi connectivity index (χ4v) is 5.69. The highest BCUT2D eigenvalue weighted by atomic mass is 15.3. The van der Waals surface area contributed by atoms with E-state index in [0.717, 1.165) is 69.0 Å². The van der Waals surface area contributed by atoms with E-state index in [1.807, 2.05) is 66.3 Å². The topological polar surface area (TPSA) is 110 Å². The zero-order valence-electron chi connectivity index (χ0n) is 26.4. The van der Waals surface area contributed by atoms with E-state index in [1.54, 1.807) is 0 Å². The van der Waals surface area contributed by atoms with Crippen LogP contribution >= 0.6 is 0 Å². The number of aromatic nitrogens is 5. The highest BCUT2D eigenvalue weighted by molar-refractivity contribution is 5.95. The van der Waals surface area contributed by atoms with Crippen molar-refractivity contribution in [2.45, 2.75) is 33.1 Å². The van der Waals surface area contributed by atoms with Gasteiger partial charge in [-0.05, 0) is 88.3 Å². The number of anilines is 7. The van der Waals surface area contributed by atoms with Gasteiger partial charge in [-0.15, -0.1) is 0 Å². The largest absolute Gasteiger partial charge is 0.377 e. The van der Waals surface area contributed by atoms with Crippen LogP contribution in [0, 0.1) is 13.8 Å². The minimum atomic E-state index is 0.446. The molecule has 0 saturated carbocycles. The second-order valence-corrected chi connectivity index (χ2v) is 11.9.